The molecule has 0 saturated carbocycles. The molecule has 0 unspecified atom stereocenters. The number of fused-ring (bicyclic) bond motifs is 24. The third kappa shape index (κ3) is 7.05. The van der Waals surface area contributed by atoms with Crippen LogP contribution < -0.4 is 0 Å². The third-order valence-electron chi connectivity index (χ3n) is 12.9. The Labute approximate surface area is 397 Å². The van der Waals surface area contributed by atoms with E-state index in [4.69, 9.17) is 29.9 Å². The van der Waals surface area contributed by atoms with Gasteiger partial charge < -0.3 is 9.97 Å². The molecule has 8 nitrogen and oxygen atoms in total. The number of aromatic amines is 2. The van der Waals surface area contributed by atoms with Crippen LogP contribution in [0.25, 0.3) is 133 Å². The Morgan fingerprint density at radius 3 is 0.941 bits per heavy atom. The predicted octanol–water partition coefficient (Wildman–Crippen LogP) is 16.8. The first-order chi connectivity index (χ1) is 33.4. The van der Waals surface area contributed by atoms with Gasteiger partial charge in [-0.3, -0.25) is 0 Å². The van der Waals surface area contributed by atoms with Crippen molar-refractivity contribution < 1.29 is 0 Å². The zero-order chi connectivity index (χ0) is 48.0. The van der Waals surface area contributed by atoms with E-state index in [0.717, 1.165) is 109 Å². The smallest absolute Gasteiger partial charge is 0.165 e. The lowest BCUT2D eigenvalue weighted by Gasteiger charge is -2.08. The molecule has 0 saturated heterocycles. The van der Waals surface area contributed by atoms with Crippen molar-refractivity contribution in [3.63, 3.8) is 0 Å². The van der Waals surface area contributed by atoms with Crippen LogP contribution in [0.15, 0.2) is 121 Å². The molecule has 0 aliphatic carbocycles. The summed E-state index contributed by atoms with van der Waals surface area (Å²) >= 11 is 0. The van der Waals surface area contributed by atoms with E-state index in [1.807, 2.05) is 55.4 Å². The largest absolute Gasteiger partial charge is 0.324 e. The lowest BCUT2D eigenvalue weighted by molar-refractivity contribution is 1.19. The van der Waals surface area contributed by atoms with Crippen molar-refractivity contribution in [1.29, 1.82) is 0 Å². The molecule has 0 spiro atoms. The Morgan fingerprint density at radius 1 is 0.294 bits per heavy atom. The monoisotopic (exact) mass is 890 g/mol. The van der Waals surface area contributed by atoms with Gasteiger partial charge >= 0.3 is 0 Å². The van der Waals surface area contributed by atoms with Crippen LogP contribution in [-0.2, 0) is 0 Å². The average Bonchev–Trinajstić information content (AvgIpc) is 4.12. The highest BCUT2D eigenvalue weighted by atomic mass is 15.1. The van der Waals surface area contributed by atoms with Gasteiger partial charge in [0.25, 0.3) is 0 Å². The number of hydrogen-bond acceptors (Lipinski definition) is 6. The van der Waals surface area contributed by atoms with E-state index in [-0.39, 0.29) is 0 Å². The summed E-state index contributed by atoms with van der Waals surface area (Å²) in [6.45, 7) is 24.7. The molecule has 2 aliphatic heterocycles. The number of hydrogen-bond donors (Lipinski definition) is 2. The fraction of sp³-hybridized carbons (Fsp3) is 0.200. The van der Waals surface area contributed by atoms with Crippen molar-refractivity contribution in [2.24, 2.45) is 0 Å². The maximum atomic E-state index is 5.44. The second-order valence-corrected chi connectivity index (χ2v) is 16.2. The molecule has 0 radical (unpaired) electrons. The van der Waals surface area contributed by atoms with Crippen LogP contribution in [0, 0.1) is 27.7 Å². The average molecular weight is 891 g/mol. The van der Waals surface area contributed by atoms with Gasteiger partial charge in [-0.25, -0.2) is 29.9 Å². The van der Waals surface area contributed by atoms with Crippen LogP contribution in [-0.4, -0.2) is 39.9 Å². The van der Waals surface area contributed by atoms with Gasteiger partial charge in [0.2, 0.25) is 0 Å². The topological polar surface area (TPSA) is 109 Å². The molecule has 11 aromatic rings. The molecule has 5 heterocycles. The predicted molar refractivity (Wildman–Crippen MR) is 290 cm³/mol. The van der Waals surface area contributed by atoms with Crippen molar-refractivity contribution in [2.45, 2.75) is 83.1 Å². The Bertz CT molecular complexity index is 3690. The minimum Gasteiger partial charge on any atom is -0.324 e. The second kappa shape index (κ2) is 18.4. The van der Waals surface area contributed by atoms with Gasteiger partial charge in [-0.2, -0.15) is 0 Å². The molecule has 0 amide bonds. The van der Waals surface area contributed by atoms with Crippen molar-refractivity contribution in [3.05, 3.63) is 144 Å². The van der Waals surface area contributed by atoms with Gasteiger partial charge in [0.15, 0.2) is 23.3 Å². The minimum atomic E-state index is 0.593. The lowest BCUT2D eigenvalue weighted by Crippen LogP contribution is -1.89. The SMILES string of the molecule is CC.CC.CC.CC.Cc1c2c(cc3ccccc13)-c1nc-2nc2[nH]c(nc3nc(nc4[nH]c(n1)c1c(C)c5ccccc5cc41)-c1c-3cc3ccccc3c1C)c1c(C)c3ccccc3cc21. The number of rotatable bonds is 0. The standard InChI is InChI=1S/C52H34N8.4C2H6/c1-25-33-17-9-5-13-29(33)21-37-41(25)49-53-45(37)58-50-43-27(3)35-19-11-7-15-31(35)23-39(43)47(55-50)60-52-44-28(4)36-20-12-8-16-32(36)24-40(44)48(56-52)59-51-42-26(2)34-18-10-6-14-30(34)22-38(42)46(54-51)57-49;4*1-2/h5-24H,1-4H3,(H2,53,54,55,56,57,58,59,60);4*1-2H3. The molecule has 8 heteroatoms. The highest BCUT2D eigenvalue weighted by Crippen LogP contribution is 2.44. The Kier molecular flexibility index (Phi) is 12.3. The molecule has 0 fully saturated rings. The highest BCUT2D eigenvalue weighted by Gasteiger charge is 2.27. The van der Waals surface area contributed by atoms with Gasteiger partial charge in [-0.05, 0) is 117 Å². The minimum absolute atomic E-state index is 0.593. The first-order valence-electron chi connectivity index (χ1n) is 24.3. The third-order valence-corrected chi connectivity index (χ3v) is 12.9. The quantitative estimate of drug-likeness (QED) is 0.157. The number of H-pyrrole nitrogens is 2. The van der Waals surface area contributed by atoms with E-state index >= 15 is 0 Å². The van der Waals surface area contributed by atoms with Crippen molar-refractivity contribution in [3.8, 4) is 45.6 Å². The normalized spacial score (nSPS) is 11.2. The van der Waals surface area contributed by atoms with Crippen LogP contribution in [0.3, 0.4) is 0 Å². The Balaban J connectivity index is 0.000000689. The van der Waals surface area contributed by atoms with E-state index in [1.165, 1.54) is 0 Å². The molecule has 8 bridgehead atoms. The lowest BCUT2D eigenvalue weighted by atomic mass is 9.95. The first kappa shape index (κ1) is 45.3. The second-order valence-electron chi connectivity index (χ2n) is 16.2. The summed E-state index contributed by atoms with van der Waals surface area (Å²) in [6, 6.07) is 42.8. The van der Waals surface area contributed by atoms with Crippen LogP contribution in [0.4, 0.5) is 0 Å². The molecule has 3 aromatic heterocycles. The summed E-state index contributed by atoms with van der Waals surface area (Å²) in [7, 11) is 0. The maximum Gasteiger partial charge on any atom is 0.165 e. The molecular weight excluding hydrogens is 833 g/mol. The molecular formula is C60H58N8. The first-order valence-corrected chi connectivity index (χ1v) is 24.3. The number of aromatic nitrogens is 8. The zero-order valence-electron chi connectivity index (χ0n) is 41.2. The summed E-state index contributed by atoms with van der Waals surface area (Å²) < 4.78 is 0. The van der Waals surface area contributed by atoms with Gasteiger partial charge in [-0.15, -0.1) is 0 Å². The Morgan fingerprint density at radius 2 is 0.588 bits per heavy atom. The summed E-state index contributed by atoms with van der Waals surface area (Å²) in [5.74, 6) is 2.39. The molecule has 0 atom stereocenters. The fourth-order valence-electron chi connectivity index (χ4n) is 10.0. The van der Waals surface area contributed by atoms with Gasteiger partial charge in [0.1, 0.15) is 22.6 Å². The Hall–Kier alpha value is -7.84. The molecule has 13 rings (SSSR count). The van der Waals surface area contributed by atoms with E-state index in [2.05, 4.69) is 159 Å². The molecule has 2 aliphatic rings. The molecule has 8 aromatic carbocycles. The van der Waals surface area contributed by atoms with E-state index in [9.17, 15) is 0 Å². The van der Waals surface area contributed by atoms with Gasteiger partial charge in [0, 0.05) is 43.8 Å². The van der Waals surface area contributed by atoms with Crippen molar-refractivity contribution in [1.82, 2.24) is 39.9 Å². The molecule has 68 heavy (non-hydrogen) atoms. The number of benzene rings is 8. The van der Waals surface area contributed by atoms with E-state index in [0.29, 0.717) is 45.9 Å². The number of nitrogens with zero attached hydrogens (tertiary/aromatic N) is 6. The highest BCUT2D eigenvalue weighted by molar-refractivity contribution is 6.16. The summed E-state index contributed by atoms with van der Waals surface area (Å²) in [4.78, 5) is 39.8. The van der Waals surface area contributed by atoms with Gasteiger partial charge in [0.05, 0.1) is 0 Å². The van der Waals surface area contributed by atoms with E-state index < -0.39 is 0 Å². The fourth-order valence-corrected chi connectivity index (χ4v) is 10.0. The van der Waals surface area contributed by atoms with Crippen molar-refractivity contribution in [2.75, 3.05) is 0 Å². The van der Waals surface area contributed by atoms with Gasteiger partial charge in [-0.1, -0.05) is 152 Å². The van der Waals surface area contributed by atoms with Crippen LogP contribution in [0.5, 0.6) is 0 Å². The maximum absolute atomic E-state index is 5.44. The van der Waals surface area contributed by atoms with Crippen LogP contribution >= 0.6 is 0 Å². The number of nitrogens with one attached hydrogen (secondary N) is 2. The molecule has 2 N–H and O–H groups in total. The van der Waals surface area contributed by atoms with Crippen LogP contribution in [0.2, 0.25) is 0 Å². The summed E-state index contributed by atoms with van der Waals surface area (Å²) in [6.07, 6.45) is 0. The zero-order valence-corrected chi connectivity index (χ0v) is 41.2. The van der Waals surface area contributed by atoms with Crippen LogP contribution in [0.1, 0.15) is 77.6 Å². The number of aryl methyl sites for hydroxylation is 4. The van der Waals surface area contributed by atoms with E-state index in [1.54, 1.807) is 0 Å². The summed E-state index contributed by atoms with van der Waals surface area (Å²) in [5.41, 5.74) is 11.0. The summed E-state index contributed by atoms with van der Waals surface area (Å²) in [5, 5.41) is 13.1. The molecule has 338 valence electrons. The van der Waals surface area contributed by atoms with Crippen molar-refractivity contribution >= 4 is 87.2 Å².